The second-order valence-electron chi connectivity index (χ2n) is 6.29. The van der Waals surface area contributed by atoms with Crippen molar-refractivity contribution < 1.29 is 9.53 Å². The fraction of sp³-hybridized carbons (Fsp3) is 0.923. The third kappa shape index (κ3) is 4.19. The van der Waals surface area contributed by atoms with Crippen molar-refractivity contribution in [2.75, 3.05) is 13.1 Å². The third-order valence-electron chi connectivity index (χ3n) is 3.22. The van der Waals surface area contributed by atoms with Gasteiger partial charge in [-0.15, -0.1) is 0 Å². The van der Waals surface area contributed by atoms with Crippen LogP contribution in [0.3, 0.4) is 0 Å². The molecule has 1 heterocycles. The second kappa shape index (κ2) is 5.25. The van der Waals surface area contributed by atoms with Crippen molar-refractivity contribution in [3.8, 4) is 0 Å². The van der Waals surface area contributed by atoms with E-state index < -0.39 is 5.60 Å². The van der Waals surface area contributed by atoms with Crippen molar-refractivity contribution in [3.63, 3.8) is 0 Å². The average molecular weight is 242 g/mol. The zero-order valence-electron chi connectivity index (χ0n) is 11.7. The Hall–Kier alpha value is -0.770. The van der Waals surface area contributed by atoms with Crippen molar-refractivity contribution in [2.24, 2.45) is 17.6 Å². The SMILES string of the molecule is CC(C)[C@H]1CCN(C(=O)OC(C)(C)C)C[C@H]1N. The number of ether oxygens (including phenoxy) is 1. The highest BCUT2D eigenvalue weighted by Gasteiger charge is 2.32. The minimum Gasteiger partial charge on any atom is -0.444 e. The normalized spacial score (nSPS) is 26.2. The number of nitrogens with two attached hydrogens (primary N) is 1. The van der Waals surface area contributed by atoms with E-state index in [2.05, 4.69) is 13.8 Å². The Kier molecular flexibility index (Phi) is 4.42. The molecule has 0 bridgehead atoms. The Morgan fingerprint density at radius 3 is 2.41 bits per heavy atom. The van der Waals surface area contributed by atoms with Gasteiger partial charge in [0.1, 0.15) is 5.60 Å². The summed E-state index contributed by atoms with van der Waals surface area (Å²) in [5.74, 6) is 1.08. The van der Waals surface area contributed by atoms with Crippen molar-refractivity contribution in [1.82, 2.24) is 4.90 Å². The van der Waals surface area contributed by atoms with E-state index in [9.17, 15) is 4.79 Å². The average Bonchev–Trinajstić information content (AvgIpc) is 2.14. The molecule has 0 unspecified atom stereocenters. The van der Waals surface area contributed by atoms with Crippen LogP contribution >= 0.6 is 0 Å². The first-order valence-electron chi connectivity index (χ1n) is 6.44. The summed E-state index contributed by atoms with van der Waals surface area (Å²) in [5, 5.41) is 0. The Morgan fingerprint density at radius 1 is 1.41 bits per heavy atom. The molecule has 4 nitrogen and oxygen atoms in total. The quantitative estimate of drug-likeness (QED) is 0.767. The van der Waals surface area contributed by atoms with Gasteiger partial charge in [0.2, 0.25) is 0 Å². The summed E-state index contributed by atoms with van der Waals surface area (Å²) in [6, 6.07) is 0.0660. The molecule has 1 saturated heterocycles. The van der Waals surface area contributed by atoms with Crippen LogP contribution in [0.5, 0.6) is 0 Å². The van der Waals surface area contributed by atoms with Crippen molar-refractivity contribution in [2.45, 2.75) is 52.7 Å². The Labute approximate surface area is 104 Å². The van der Waals surface area contributed by atoms with E-state index >= 15 is 0 Å². The van der Waals surface area contributed by atoms with Crippen LogP contribution in [0.15, 0.2) is 0 Å². The highest BCUT2D eigenvalue weighted by atomic mass is 16.6. The summed E-state index contributed by atoms with van der Waals surface area (Å²) in [7, 11) is 0. The smallest absolute Gasteiger partial charge is 0.410 e. The number of carbonyl (C=O) groups excluding carboxylic acids is 1. The Balaban J connectivity index is 2.52. The molecule has 1 aliphatic rings. The van der Waals surface area contributed by atoms with E-state index in [0.29, 0.717) is 18.4 Å². The van der Waals surface area contributed by atoms with Crippen LogP contribution in [0.4, 0.5) is 4.79 Å². The van der Waals surface area contributed by atoms with Gasteiger partial charge >= 0.3 is 6.09 Å². The van der Waals surface area contributed by atoms with Gasteiger partial charge in [-0.05, 0) is 39.0 Å². The van der Waals surface area contributed by atoms with Gasteiger partial charge < -0.3 is 15.4 Å². The maximum atomic E-state index is 11.9. The van der Waals surface area contributed by atoms with Crippen LogP contribution < -0.4 is 5.73 Å². The van der Waals surface area contributed by atoms with Gasteiger partial charge in [0, 0.05) is 19.1 Å². The molecule has 0 aliphatic carbocycles. The van der Waals surface area contributed by atoms with E-state index in [1.807, 2.05) is 20.8 Å². The van der Waals surface area contributed by atoms with Crippen LogP contribution in [0.1, 0.15) is 41.0 Å². The molecule has 0 saturated carbocycles. The topological polar surface area (TPSA) is 55.6 Å². The summed E-state index contributed by atoms with van der Waals surface area (Å²) in [6.45, 7) is 11.4. The van der Waals surface area contributed by atoms with Crippen LogP contribution in [-0.2, 0) is 4.74 Å². The minimum atomic E-state index is -0.434. The standard InChI is InChI=1S/C13H26N2O2/c1-9(2)10-6-7-15(8-11(10)14)12(16)17-13(3,4)5/h9-11H,6-8,14H2,1-5H3/t10-,11-/m1/s1. The van der Waals surface area contributed by atoms with Gasteiger partial charge in [-0.3, -0.25) is 0 Å². The monoisotopic (exact) mass is 242 g/mol. The number of amides is 1. The van der Waals surface area contributed by atoms with Gasteiger partial charge in [0.15, 0.2) is 0 Å². The molecule has 0 aromatic carbocycles. The first-order chi connectivity index (χ1) is 7.70. The molecule has 1 fully saturated rings. The molecule has 2 N–H and O–H groups in total. The van der Waals surface area contributed by atoms with Crippen LogP contribution in [0.25, 0.3) is 0 Å². The first kappa shape index (κ1) is 14.3. The highest BCUT2D eigenvalue weighted by molar-refractivity contribution is 5.68. The lowest BCUT2D eigenvalue weighted by Crippen LogP contribution is -2.52. The molecule has 0 radical (unpaired) electrons. The van der Waals surface area contributed by atoms with Crippen molar-refractivity contribution >= 4 is 6.09 Å². The number of hydrogen-bond acceptors (Lipinski definition) is 3. The largest absolute Gasteiger partial charge is 0.444 e. The Morgan fingerprint density at radius 2 is 2.00 bits per heavy atom. The first-order valence-corrected chi connectivity index (χ1v) is 6.44. The number of rotatable bonds is 1. The van der Waals surface area contributed by atoms with Gasteiger partial charge in [0.05, 0.1) is 0 Å². The zero-order chi connectivity index (χ0) is 13.2. The summed E-state index contributed by atoms with van der Waals surface area (Å²) >= 11 is 0. The van der Waals surface area contributed by atoms with Crippen LogP contribution in [0.2, 0.25) is 0 Å². The molecular weight excluding hydrogens is 216 g/mol. The summed E-state index contributed by atoms with van der Waals surface area (Å²) < 4.78 is 5.35. The molecule has 4 heteroatoms. The highest BCUT2D eigenvalue weighted by Crippen LogP contribution is 2.24. The molecule has 0 aromatic heterocycles. The molecule has 1 amide bonds. The van der Waals surface area contributed by atoms with Gasteiger partial charge in [-0.1, -0.05) is 13.8 Å². The number of nitrogens with zero attached hydrogens (tertiary/aromatic N) is 1. The lowest BCUT2D eigenvalue weighted by Gasteiger charge is -2.39. The summed E-state index contributed by atoms with van der Waals surface area (Å²) in [5.41, 5.74) is 5.69. The van der Waals surface area contributed by atoms with Gasteiger partial charge in [-0.2, -0.15) is 0 Å². The predicted octanol–water partition coefficient (Wildman–Crippen LogP) is 2.23. The Bertz CT molecular complexity index is 271. The molecule has 0 spiro atoms. The van der Waals surface area contributed by atoms with Crippen molar-refractivity contribution in [3.05, 3.63) is 0 Å². The van der Waals surface area contributed by atoms with Crippen molar-refractivity contribution in [1.29, 1.82) is 0 Å². The maximum absolute atomic E-state index is 11.9. The number of likely N-dealkylation sites (tertiary alicyclic amines) is 1. The van der Waals surface area contributed by atoms with Gasteiger partial charge in [0.25, 0.3) is 0 Å². The van der Waals surface area contributed by atoms with E-state index in [0.717, 1.165) is 13.0 Å². The molecular formula is C13H26N2O2. The molecule has 100 valence electrons. The molecule has 1 aliphatic heterocycles. The second-order valence-corrected chi connectivity index (χ2v) is 6.29. The predicted molar refractivity (Wildman–Crippen MR) is 68.7 cm³/mol. The van der Waals surface area contributed by atoms with Crippen LogP contribution in [-0.4, -0.2) is 35.7 Å². The van der Waals surface area contributed by atoms with Gasteiger partial charge in [-0.25, -0.2) is 4.79 Å². The van der Waals surface area contributed by atoms with E-state index in [1.54, 1.807) is 4.90 Å². The summed E-state index contributed by atoms with van der Waals surface area (Å²) in [6.07, 6.45) is 0.730. The minimum absolute atomic E-state index is 0.0660. The van der Waals surface area contributed by atoms with E-state index in [4.69, 9.17) is 10.5 Å². The fourth-order valence-electron chi connectivity index (χ4n) is 2.32. The molecule has 0 aromatic rings. The molecule has 2 atom stereocenters. The fourth-order valence-corrected chi connectivity index (χ4v) is 2.32. The number of hydrogen-bond donors (Lipinski definition) is 1. The number of carbonyl (C=O) groups is 1. The summed E-state index contributed by atoms with van der Waals surface area (Å²) in [4.78, 5) is 13.6. The molecule has 1 rings (SSSR count). The zero-order valence-corrected chi connectivity index (χ0v) is 11.7. The lowest BCUT2D eigenvalue weighted by molar-refractivity contribution is 0.0136. The maximum Gasteiger partial charge on any atom is 0.410 e. The number of piperidine rings is 1. The van der Waals surface area contributed by atoms with Crippen LogP contribution in [0, 0.1) is 11.8 Å². The van der Waals surface area contributed by atoms with E-state index in [-0.39, 0.29) is 12.1 Å². The third-order valence-corrected chi connectivity index (χ3v) is 3.22. The lowest BCUT2D eigenvalue weighted by atomic mass is 9.83. The van der Waals surface area contributed by atoms with E-state index in [1.165, 1.54) is 0 Å². The molecule has 17 heavy (non-hydrogen) atoms.